The van der Waals surface area contributed by atoms with E-state index in [1.54, 1.807) is 0 Å². The molecule has 0 aliphatic rings. The maximum Gasteiger partial charge on any atom is 0.246 e. The van der Waals surface area contributed by atoms with Crippen molar-refractivity contribution < 1.29 is 9.53 Å². The summed E-state index contributed by atoms with van der Waals surface area (Å²) >= 11 is 0. The molecule has 94 valence electrons. The van der Waals surface area contributed by atoms with Crippen molar-refractivity contribution >= 4 is 5.91 Å². The second-order valence-electron chi connectivity index (χ2n) is 4.51. The first kappa shape index (κ1) is 13.7. The highest BCUT2D eigenvalue weighted by molar-refractivity contribution is 5.77. The third-order valence-electron chi connectivity index (χ3n) is 2.58. The first-order valence-electron chi connectivity index (χ1n) is 5.97. The molecule has 0 aliphatic carbocycles. The molecule has 0 fully saturated rings. The van der Waals surface area contributed by atoms with Crippen molar-refractivity contribution in [2.24, 2.45) is 0 Å². The summed E-state index contributed by atoms with van der Waals surface area (Å²) in [5.41, 5.74) is 2.33. The molecule has 0 bridgehead atoms. The lowest BCUT2D eigenvalue weighted by Crippen LogP contribution is -2.31. The van der Waals surface area contributed by atoms with E-state index < -0.39 is 0 Å². The number of carbonyl (C=O) groups is 1. The summed E-state index contributed by atoms with van der Waals surface area (Å²) in [5.74, 6) is -0.0746. The first-order chi connectivity index (χ1) is 8.00. The number of ether oxygens (including phenoxy) is 1. The molecule has 0 aromatic heterocycles. The molecule has 0 aliphatic heterocycles. The van der Waals surface area contributed by atoms with E-state index >= 15 is 0 Å². The molecule has 0 unspecified atom stereocenters. The van der Waals surface area contributed by atoms with Crippen LogP contribution in [0.3, 0.4) is 0 Å². The molecule has 1 amide bonds. The van der Waals surface area contributed by atoms with E-state index in [-0.39, 0.29) is 24.7 Å². The lowest BCUT2D eigenvalue weighted by atomic mass is 10.0. The summed E-state index contributed by atoms with van der Waals surface area (Å²) in [5, 5.41) is 2.93. The van der Waals surface area contributed by atoms with E-state index in [0.717, 1.165) is 5.56 Å². The molecule has 1 aromatic rings. The zero-order valence-electron chi connectivity index (χ0n) is 11.0. The molecule has 0 saturated carbocycles. The average Bonchev–Trinajstić information content (AvgIpc) is 2.26. The Hall–Kier alpha value is -1.35. The van der Waals surface area contributed by atoms with Gasteiger partial charge < -0.3 is 10.1 Å². The van der Waals surface area contributed by atoms with Crippen molar-refractivity contribution in [3.63, 3.8) is 0 Å². The smallest absolute Gasteiger partial charge is 0.246 e. The van der Waals surface area contributed by atoms with Gasteiger partial charge in [0.25, 0.3) is 0 Å². The number of hydrogen-bond acceptors (Lipinski definition) is 2. The van der Waals surface area contributed by atoms with Gasteiger partial charge in [-0.1, -0.05) is 24.3 Å². The Labute approximate surface area is 103 Å². The molecule has 0 spiro atoms. The maximum atomic E-state index is 11.6. The highest BCUT2D eigenvalue weighted by atomic mass is 16.5. The number of benzene rings is 1. The fourth-order valence-electron chi connectivity index (χ4n) is 1.68. The largest absolute Gasteiger partial charge is 0.369 e. The van der Waals surface area contributed by atoms with Crippen LogP contribution in [0, 0.1) is 6.92 Å². The van der Waals surface area contributed by atoms with E-state index in [1.165, 1.54) is 5.56 Å². The highest BCUT2D eigenvalue weighted by Gasteiger charge is 2.11. The predicted octanol–water partition coefficient (Wildman–Crippen LogP) is 2.60. The highest BCUT2D eigenvalue weighted by Crippen LogP contribution is 2.16. The summed E-state index contributed by atoms with van der Waals surface area (Å²) in [6, 6.07) is 8.07. The van der Waals surface area contributed by atoms with E-state index in [4.69, 9.17) is 4.74 Å². The Morgan fingerprint density at radius 3 is 2.53 bits per heavy atom. The number of hydrogen-bond donors (Lipinski definition) is 1. The van der Waals surface area contributed by atoms with Gasteiger partial charge in [-0.15, -0.1) is 0 Å². The number of amides is 1. The Kier molecular flexibility index (Phi) is 5.16. The first-order valence-corrected chi connectivity index (χ1v) is 5.97. The topological polar surface area (TPSA) is 38.3 Å². The summed E-state index contributed by atoms with van der Waals surface area (Å²) < 4.78 is 5.26. The SMILES string of the molecule is Cc1ccccc1[C@@H](C)NC(=O)COC(C)C. The van der Waals surface area contributed by atoms with Crippen molar-refractivity contribution in [2.45, 2.75) is 39.8 Å². The van der Waals surface area contributed by atoms with Crippen LogP contribution in [-0.2, 0) is 9.53 Å². The van der Waals surface area contributed by atoms with Crippen LogP contribution in [0.1, 0.15) is 37.9 Å². The molecular weight excluding hydrogens is 214 g/mol. The molecule has 0 heterocycles. The van der Waals surface area contributed by atoms with Crippen molar-refractivity contribution in [1.29, 1.82) is 0 Å². The minimum atomic E-state index is -0.0746. The number of nitrogens with one attached hydrogen (secondary N) is 1. The second-order valence-corrected chi connectivity index (χ2v) is 4.51. The van der Waals surface area contributed by atoms with Crippen LogP contribution >= 0.6 is 0 Å². The van der Waals surface area contributed by atoms with Gasteiger partial charge in [0.1, 0.15) is 6.61 Å². The van der Waals surface area contributed by atoms with E-state index in [2.05, 4.69) is 5.32 Å². The third kappa shape index (κ3) is 4.57. The van der Waals surface area contributed by atoms with Gasteiger partial charge in [-0.3, -0.25) is 4.79 Å². The molecule has 0 saturated heterocycles. The monoisotopic (exact) mass is 235 g/mol. The van der Waals surface area contributed by atoms with Gasteiger partial charge >= 0.3 is 0 Å². The number of rotatable bonds is 5. The Balaban J connectivity index is 2.52. The quantitative estimate of drug-likeness (QED) is 0.852. The van der Waals surface area contributed by atoms with E-state index in [1.807, 2.05) is 52.0 Å². The van der Waals surface area contributed by atoms with Crippen LogP contribution in [-0.4, -0.2) is 18.6 Å². The molecule has 1 atom stereocenters. The molecule has 1 aromatic carbocycles. The zero-order valence-corrected chi connectivity index (χ0v) is 11.0. The van der Waals surface area contributed by atoms with Gasteiger partial charge in [-0.05, 0) is 38.8 Å². The predicted molar refractivity (Wildman–Crippen MR) is 68.8 cm³/mol. The molecule has 3 nitrogen and oxygen atoms in total. The Morgan fingerprint density at radius 1 is 1.29 bits per heavy atom. The number of aryl methyl sites for hydroxylation is 1. The van der Waals surface area contributed by atoms with Gasteiger partial charge in [0.2, 0.25) is 5.91 Å². The van der Waals surface area contributed by atoms with E-state index in [9.17, 15) is 4.79 Å². The van der Waals surface area contributed by atoms with Gasteiger partial charge in [0.15, 0.2) is 0 Å². The molecule has 0 radical (unpaired) electrons. The van der Waals surface area contributed by atoms with Crippen molar-refractivity contribution in [3.05, 3.63) is 35.4 Å². The van der Waals surface area contributed by atoms with Gasteiger partial charge in [0, 0.05) is 0 Å². The summed E-state index contributed by atoms with van der Waals surface area (Å²) in [6.07, 6.45) is 0.0783. The van der Waals surface area contributed by atoms with Crippen LogP contribution < -0.4 is 5.32 Å². The fourth-order valence-corrected chi connectivity index (χ4v) is 1.68. The standard InChI is InChI=1S/C14H21NO2/c1-10(2)17-9-14(16)15-12(4)13-8-6-5-7-11(13)3/h5-8,10,12H,9H2,1-4H3,(H,15,16)/t12-/m1/s1. The third-order valence-corrected chi connectivity index (χ3v) is 2.58. The average molecular weight is 235 g/mol. The summed E-state index contributed by atoms with van der Waals surface area (Å²) in [7, 11) is 0. The van der Waals surface area contributed by atoms with Gasteiger partial charge in [-0.25, -0.2) is 0 Å². The minimum Gasteiger partial charge on any atom is -0.369 e. The van der Waals surface area contributed by atoms with Crippen LogP contribution in [0.25, 0.3) is 0 Å². The van der Waals surface area contributed by atoms with Crippen LogP contribution in [0.2, 0.25) is 0 Å². The Morgan fingerprint density at radius 2 is 1.94 bits per heavy atom. The van der Waals surface area contributed by atoms with Crippen LogP contribution in [0.4, 0.5) is 0 Å². The van der Waals surface area contributed by atoms with Gasteiger partial charge in [0.05, 0.1) is 12.1 Å². The zero-order chi connectivity index (χ0) is 12.8. The van der Waals surface area contributed by atoms with Crippen LogP contribution in [0.5, 0.6) is 0 Å². The summed E-state index contributed by atoms with van der Waals surface area (Å²) in [4.78, 5) is 11.6. The van der Waals surface area contributed by atoms with Crippen molar-refractivity contribution in [2.75, 3.05) is 6.61 Å². The molecule has 17 heavy (non-hydrogen) atoms. The lowest BCUT2D eigenvalue weighted by Gasteiger charge is -2.17. The van der Waals surface area contributed by atoms with Crippen molar-refractivity contribution in [3.8, 4) is 0 Å². The molecule has 3 heteroatoms. The summed E-state index contributed by atoms with van der Waals surface area (Å²) in [6.45, 7) is 7.97. The van der Waals surface area contributed by atoms with Crippen LogP contribution in [0.15, 0.2) is 24.3 Å². The molecule has 1 rings (SSSR count). The lowest BCUT2D eigenvalue weighted by molar-refractivity contribution is -0.127. The Bertz CT molecular complexity index is 374. The van der Waals surface area contributed by atoms with Crippen molar-refractivity contribution in [1.82, 2.24) is 5.32 Å². The normalized spacial score (nSPS) is 12.5. The molecule has 1 N–H and O–H groups in total. The molecular formula is C14H21NO2. The number of carbonyl (C=O) groups excluding carboxylic acids is 1. The van der Waals surface area contributed by atoms with Gasteiger partial charge in [-0.2, -0.15) is 0 Å². The second kappa shape index (κ2) is 6.40. The maximum absolute atomic E-state index is 11.6. The fraction of sp³-hybridized carbons (Fsp3) is 0.500. The van der Waals surface area contributed by atoms with E-state index in [0.29, 0.717) is 0 Å². The minimum absolute atomic E-state index is 0.0134.